The van der Waals surface area contributed by atoms with Crippen LogP contribution in [0.5, 0.6) is 0 Å². The maximum atomic E-state index is 4.02. The highest BCUT2D eigenvalue weighted by atomic mass is 14.9. The van der Waals surface area contributed by atoms with Crippen LogP contribution in [0.2, 0.25) is 0 Å². The van der Waals surface area contributed by atoms with Crippen molar-refractivity contribution in [3.8, 4) is 11.8 Å². The van der Waals surface area contributed by atoms with E-state index in [2.05, 4.69) is 48.9 Å². The minimum absolute atomic E-state index is 0.165. The van der Waals surface area contributed by atoms with Gasteiger partial charge < -0.3 is 5.32 Å². The van der Waals surface area contributed by atoms with E-state index < -0.39 is 0 Å². The molecular weight excluding hydrogens is 218 g/mol. The minimum Gasteiger partial charge on any atom is -0.381 e. The van der Waals surface area contributed by atoms with Crippen molar-refractivity contribution >= 4 is 0 Å². The number of rotatable bonds is 5. The smallest absolute Gasteiger partial charge is 0.0555 e. The van der Waals surface area contributed by atoms with Gasteiger partial charge >= 0.3 is 0 Å². The molecule has 0 aromatic rings. The molecule has 0 amide bonds. The van der Waals surface area contributed by atoms with Gasteiger partial charge in [-0.1, -0.05) is 42.7 Å². The van der Waals surface area contributed by atoms with Crippen LogP contribution in [0.25, 0.3) is 0 Å². The zero-order valence-corrected chi connectivity index (χ0v) is 12.3. The second-order valence-electron chi connectivity index (χ2n) is 4.20. The fourth-order valence-electron chi connectivity index (χ4n) is 1.23. The molecule has 0 aromatic carbocycles. The summed E-state index contributed by atoms with van der Waals surface area (Å²) in [6.07, 6.45) is 9.20. The Kier molecular flexibility index (Phi) is 8.49. The second kappa shape index (κ2) is 9.36. The maximum Gasteiger partial charge on any atom is 0.0555 e. The van der Waals surface area contributed by atoms with E-state index in [9.17, 15) is 0 Å². The average Bonchev–Trinajstić information content (AvgIpc) is 2.39. The molecule has 1 N–H and O–H groups in total. The Morgan fingerprint density at radius 1 is 1.22 bits per heavy atom. The zero-order chi connectivity index (χ0) is 14.0. The molecule has 0 rings (SSSR count). The number of hydrogen-bond donors (Lipinski definition) is 1. The summed E-state index contributed by atoms with van der Waals surface area (Å²) in [5.41, 5.74) is 3.19. The third-order valence-corrected chi connectivity index (χ3v) is 2.70. The highest BCUT2D eigenvalue weighted by Crippen LogP contribution is 2.05. The first kappa shape index (κ1) is 16.3. The van der Waals surface area contributed by atoms with Crippen molar-refractivity contribution in [3.63, 3.8) is 0 Å². The Labute approximate surface area is 112 Å². The molecule has 0 saturated heterocycles. The van der Waals surface area contributed by atoms with Gasteiger partial charge in [-0.3, -0.25) is 0 Å². The summed E-state index contributed by atoms with van der Waals surface area (Å²) >= 11 is 0. The highest BCUT2D eigenvalue weighted by Gasteiger charge is 2.04. The van der Waals surface area contributed by atoms with E-state index >= 15 is 0 Å². The first-order valence-electron chi connectivity index (χ1n) is 6.41. The zero-order valence-electron chi connectivity index (χ0n) is 12.3. The van der Waals surface area contributed by atoms with E-state index in [1.165, 1.54) is 5.70 Å². The van der Waals surface area contributed by atoms with Crippen molar-refractivity contribution in [1.29, 1.82) is 0 Å². The quantitative estimate of drug-likeness (QED) is 0.559. The van der Waals surface area contributed by atoms with Crippen LogP contribution < -0.4 is 5.32 Å². The van der Waals surface area contributed by atoms with Gasteiger partial charge in [0.15, 0.2) is 0 Å². The number of allylic oxidation sites excluding steroid dienone is 5. The molecule has 0 heterocycles. The summed E-state index contributed by atoms with van der Waals surface area (Å²) in [6.45, 7) is 14.2. The topological polar surface area (TPSA) is 12.0 Å². The lowest BCUT2D eigenvalue weighted by Gasteiger charge is -2.16. The Balaban J connectivity index is 4.51. The Morgan fingerprint density at radius 3 is 2.39 bits per heavy atom. The third kappa shape index (κ3) is 6.81. The second-order valence-corrected chi connectivity index (χ2v) is 4.20. The van der Waals surface area contributed by atoms with E-state index in [0.717, 1.165) is 17.6 Å². The summed E-state index contributed by atoms with van der Waals surface area (Å²) in [5.74, 6) is 6.18. The molecule has 1 nitrogen and oxygen atoms in total. The molecule has 0 aliphatic heterocycles. The number of hydrogen-bond acceptors (Lipinski definition) is 1. The first-order chi connectivity index (χ1) is 8.54. The van der Waals surface area contributed by atoms with Crippen LogP contribution in [-0.2, 0) is 0 Å². The summed E-state index contributed by atoms with van der Waals surface area (Å²) in [6, 6.07) is 0.165. The van der Waals surface area contributed by atoms with Crippen molar-refractivity contribution in [1.82, 2.24) is 5.32 Å². The molecule has 18 heavy (non-hydrogen) atoms. The average molecular weight is 243 g/mol. The van der Waals surface area contributed by atoms with E-state index in [1.807, 2.05) is 33.8 Å². The van der Waals surface area contributed by atoms with Crippen LogP contribution in [0.1, 0.15) is 41.0 Å². The normalized spacial score (nSPS) is 14.1. The van der Waals surface area contributed by atoms with Crippen molar-refractivity contribution in [2.75, 3.05) is 0 Å². The Hall–Kier alpha value is -1.68. The lowest BCUT2D eigenvalue weighted by atomic mass is 10.1. The summed E-state index contributed by atoms with van der Waals surface area (Å²) < 4.78 is 0. The van der Waals surface area contributed by atoms with Gasteiger partial charge in [-0.25, -0.2) is 0 Å². The summed E-state index contributed by atoms with van der Waals surface area (Å²) in [4.78, 5) is 0. The lowest BCUT2D eigenvalue weighted by Crippen LogP contribution is -2.26. The Bertz CT molecular complexity index is 411. The molecule has 0 aromatic heterocycles. The SMILES string of the molecule is C=C(C#C/C(C)=C\C)C(C)N/C(=C/C)CC=CC. The van der Waals surface area contributed by atoms with Crippen LogP contribution in [0.3, 0.4) is 0 Å². The number of nitrogens with one attached hydrogen (secondary N) is 1. The fraction of sp³-hybridized carbons (Fsp3) is 0.412. The van der Waals surface area contributed by atoms with E-state index in [0.29, 0.717) is 0 Å². The molecule has 1 heteroatoms. The summed E-state index contributed by atoms with van der Waals surface area (Å²) in [5, 5.41) is 3.43. The van der Waals surface area contributed by atoms with Crippen molar-refractivity contribution < 1.29 is 0 Å². The predicted molar refractivity (Wildman–Crippen MR) is 82.1 cm³/mol. The molecule has 0 bridgehead atoms. The standard InChI is InChI=1S/C17H25N/c1-7-10-11-17(9-3)18-16(6)15(5)13-12-14(4)8-2/h7-10,16,18H,5,11H2,1-4,6H3/b10-7?,14-8-,17-9+. The molecule has 0 aliphatic rings. The highest BCUT2D eigenvalue weighted by molar-refractivity contribution is 5.38. The van der Waals surface area contributed by atoms with Crippen LogP contribution >= 0.6 is 0 Å². The van der Waals surface area contributed by atoms with Crippen LogP contribution in [-0.4, -0.2) is 6.04 Å². The predicted octanol–water partition coefficient (Wildman–Crippen LogP) is 4.36. The van der Waals surface area contributed by atoms with Gasteiger partial charge in [0.05, 0.1) is 6.04 Å². The van der Waals surface area contributed by atoms with Gasteiger partial charge in [0, 0.05) is 17.7 Å². The van der Waals surface area contributed by atoms with Crippen molar-refractivity contribution in [3.05, 3.63) is 47.7 Å². The van der Waals surface area contributed by atoms with Gasteiger partial charge in [-0.2, -0.15) is 0 Å². The fourth-order valence-corrected chi connectivity index (χ4v) is 1.23. The monoisotopic (exact) mass is 243 g/mol. The Morgan fingerprint density at radius 2 is 1.89 bits per heavy atom. The molecule has 0 radical (unpaired) electrons. The molecule has 0 aliphatic carbocycles. The maximum absolute atomic E-state index is 4.02. The molecule has 98 valence electrons. The van der Waals surface area contributed by atoms with E-state index in [1.54, 1.807) is 0 Å². The minimum atomic E-state index is 0.165. The molecular formula is C17H25N. The van der Waals surface area contributed by atoms with Crippen molar-refractivity contribution in [2.45, 2.75) is 47.1 Å². The molecule has 0 spiro atoms. The van der Waals surface area contributed by atoms with Crippen LogP contribution in [0, 0.1) is 11.8 Å². The van der Waals surface area contributed by atoms with E-state index in [-0.39, 0.29) is 6.04 Å². The van der Waals surface area contributed by atoms with E-state index in [4.69, 9.17) is 0 Å². The van der Waals surface area contributed by atoms with Gasteiger partial charge in [0.2, 0.25) is 0 Å². The van der Waals surface area contributed by atoms with Gasteiger partial charge in [0.1, 0.15) is 0 Å². The van der Waals surface area contributed by atoms with Gasteiger partial charge in [0.25, 0.3) is 0 Å². The first-order valence-corrected chi connectivity index (χ1v) is 6.41. The third-order valence-electron chi connectivity index (χ3n) is 2.70. The molecule has 1 unspecified atom stereocenters. The summed E-state index contributed by atoms with van der Waals surface area (Å²) in [7, 11) is 0. The molecule has 0 fully saturated rings. The van der Waals surface area contributed by atoms with Crippen LogP contribution in [0.4, 0.5) is 0 Å². The van der Waals surface area contributed by atoms with Crippen LogP contribution in [0.15, 0.2) is 47.7 Å². The van der Waals surface area contributed by atoms with Gasteiger partial charge in [-0.15, -0.1) is 0 Å². The lowest BCUT2D eigenvalue weighted by molar-refractivity contribution is 0.696. The molecule has 0 saturated carbocycles. The van der Waals surface area contributed by atoms with Crippen molar-refractivity contribution in [2.24, 2.45) is 0 Å². The van der Waals surface area contributed by atoms with Gasteiger partial charge in [-0.05, 0) is 40.2 Å². The molecule has 1 atom stereocenters. The largest absolute Gasteiger partial charge is 0.381 e.